The van der Waals surface area contributed by atoms with Gasteiger partial charge in [0.1, 0.15) is 5.82 Å². The van der Waals surface area contributed by atoms with Crippen LogP contribution in [0.25, 0.3) is 0 Å². The Hall–Kier alpha value is -1.60. The third-order valence-corrected chi connectivity index (χ3v) is 4.28. The van der Waals surface area contributed by atoms with E-state index in [1.807, 2.05) is 20.8 Å². The van der Waals surface area contributed by atoms with Crippen molar-refractivity contribution in [1.82, 2.24) is 20.1 Å². The average Bonchev–Trinajstić information content (AvgIpc) is 2.81. The summed E-state index contributed by atoms with van der Waals surface area (Å²) >= 11 is 1.36. The van der Waals surface area contributed by atoms with Gasteiger partial charge in [-0.25, -0.2) is 14.3 Å². The molecule has 0 bridgehead atoms. The van der Waals surface area contributed by atoms with E-state index in [1.165, 1.54) is 23.9 Å². The topological polar surface area (TPSA) is 62.7 Å². The van der Waals surface area contributed by atoms with Crippen LogP contribution in [0.4, 0.5) is 4.39 Å². The zero-order valence-corrected chi connectivity index (χ0v) is 13.1. The second-order valence-electron chi connectivity index (χ2n) is 4.62. The zero-order valence-electron chi connectivity index (χ0n) is 12.3. The van der Waals surface area contributed by atoms with Gasteiger partial charge in [0.05, 0.1) is 0 Å². The number of aromatic nitrogens is 3. The highest BCUT2D eigenvalue weighted by Crippen LogP contribution is 2.32. The Balaban J connectivity index is 2.37. The average molecular weight is 310 g/mol. The van der Waals surface area contributed by atoms with Crippen LogP contribution >= 0.6 is 11.8 Å². The van der Waals surface area contributed by atoms with Crippen LogP contribution in [0.1, 0.15) is 32.4 Å². The minimum Gasteiger partial charge on any atom is -0.310 e. The number of hydrogen-bond donors (Lipinski definition) is 2. The highest BCUT2D eigenvalue weighted by atomic mass is 32.2. The maximum atomic E-state index is 13.5. The van der Waals surface area contributed by atoms with Crippen LogP contribution in [0, 0.1) is 5.82 Å². The van der Waals surface area contributed by atoms with E-state index in [1.54, 1.807) is 10.6 Å². The number of aromatic amines is 1. The quantitative estimate of drug-likeness (QED) is 0.861. The van der Waals surface area contributed by atoms with Gasteiger partial charge in [-0.1, -0.05) is 6.92 Å². The first kappa shape index (κ1) is 15.8. The molecule has 0 aliphatic carbocycles. The lowest BCUT2D eigenvalue weighted by Gasteiger charge is -2.16. The van der Waals surface area contributed by atoms with E-state index < -0.39 is 0 Å². The summed E-state index contributed by atoms with van der Waals surface area (Å²) in [4.78, 5) is 12.5. The van der Waals surface area contributed by atoms with E-state index in [0.29, 0.717) is 11.7 Å². The summed E-state index contributed by atoms with van der Waals surface area (Å²) in [7, 11) is 0. The maximum Gasteiger partial charge on any atom is 0.343 e. The lowest BCUT2D eigenvalue weighted by Crippen LogP contribution is -2.19. The van der Waals surface area contributed by atoms with Gasteiger partial charge in [0.15, 0.2) is 5.16 Å². The fourth-order valence-corrected chi connectivity index (χ4v) is 3.22. The first-order valence-electron chi connectivity index (χ1n) is 6.92. The maximum absolute atomic E-state index is 13.5. The highest BCUT2D eigenvalue weighted by molar-refractivity contribution is 7.99. The van der Waals surface area contributed by atoms with Crippen LogP contribution in [0.3, 0.4) is 0 Å². The van der Waals surface area contributed by atoms with Crippen LogP contribution < -0.4 is 11.0 Å². The number of nitrogens with zero attached hydrogens (tertiary/aromatic N) is 2. The third-order valence-electron chi connectivity index (χ3n) is 3.19. The van der Waals surface area contributed by atoms with Crippen molar-refractivity contribution < 1.29 is 4.39 Å². The molecule has 0 spiro atoms. The molecule has 2 rings (SSSR count). The molecule has 0 radical (unpaired) electrons. The van der Waals surface area contributed by atoms with Gasteiger partial charge in [-0.2, -0.15) is 0 Å². The molecule has 1 atom stereocenters. The summed E-state index contributed by atoms with van der Waals surface area (Å²) in [6.45, 7) is 7.21. The largest absolute Gasteiger partial charge is 0.343 e. The van der Waals surface area contributed by atoms with Gasteiger partial charge in [-0.3, -0.25) is 4.57 Å². The molecule has 0 fully saturated rings. The van der Waals surface area contributed by atoms with E-state index in [4.69, 9.17) is 0 Å². The Morgan fingerprint density at radius 1 is 1.48 bits per heavy atom. The first-order chi connectivity index (χ1) is 10.1. The Morgan fingerprint density at radius 2 is 2.24 bits per heavy atom. The van der Waals surface area contributed by atoms with Gasteiger partial charge in [0.25, 0.3) is 0 Å². The van der Waals surface area contributed by atoms with Gasteiger partial charge in [0.2, 0.25) is 0 Å². The molecule has 0 amide bonds. The van der Waals surface area contributed by atoms with Crippen LogP contribution in [0.15, 0.2) is 33.0 Å². The number of H-pyrrole nitrogens is 1. The van der Waals surface area contributed by atoms with E-state index in [9.17, 15) is 9.18 Å². The van der Waals surface area contributed by atoms with Crippen molar-refractivity contribution in [2.75, 3.05) is 6.54 Å². The molecule has 1 unspecified atom stereocenters. The van der Waals surface area contributed by atoms with Crippen molar-refractivity contribution in [2.24, 2.45) is 0 Å². The predicted molar refractivity (Wildman–Crippen MR) is 81.1 cm³/mol. The molecule has 2 aromatic rings. The van der Waals surface area contributed by atoms with Gasteiger partial charge < -0.3 is 5.32 Å². The fourth-order valence-electron chi connectivity index (χ4n) is 2.13. The fraction of sp³-hybridized carbons (Fsp3) is 0.429. The number of hydrogen-bond acceptors (Lipinski definition) is 4. The first-order valence-corrected chi connectivity index (χ1v) is 7.74. The van der Waals surface area contributed by atoms with Crippen molar-refractivity contribution >= 4 is 11.8 Å². The summed E-state index contributed by atoms with van der Waals surface area (Å²) < 4.78 is 15.1. The number of benzene rings is 1. The normalized spacial score (nSPS) is 12.6. The lowest BCUT2D eigenvalue weighted by molar-refractivity contribution is 0.574. The lowest BCUT2D eigenvalue weighted by atomic mass is 10.1. The second kappa shape index (κ2) is 6.91. The molecule has 0 saturated carbocycles. The van der Waals surface area contributed by atoms with Crippen molar-refractivity contribution in [2.45, 2.75) is 43.4 Å². The van der Waals surface area contributed by atoms with Crippen LogP contribution in [-0.2, 0) is 6.54 Å². The Kier molecular flexibility index (Phi) is 5.19. The molecule has 7 heteroatoms. The Labute approximate surface area is 127 Å². The number of rotatable bonds is 6. The predicted octanol–water partition coefficient (Wildman–Crippen LogP) is 2.55. The highest BCUT2D eigenvalue weighted by Gasteiger charge is 2.15. The molecule has 1 aromatic carbocycles. The summed E-state index contributed by atoms with van der Waals surface area (Å²) in [6.07, 6.45) is 0. The molecule has 1 aromatic heterocycles. The van der Waals surface area contributed by atoms with Gasteiger partial charge in [-0.05, 0) is 55.9 Å². The molecule has 0 aliphatic rings. The smallest absolute Gasteiger partial charge is 0.310 e. The van der Waals surface area contributed by atoms with Crippen molar-refractivity contribution in [3.05, 3.63) is 40.1 Å². The molecule has 21 heavy (non-hydrogen) atoms. The van der Waals surface area contributed by atoms with E-state index in [0.717, 1.165) is 17.0 Å². The molecule has 5 nitrogen and oxygen atoms in total. The molecule has 114 valence electrons. The van der Waals surface area contributed by atoms with Crippen LogP contribution in [0.5, 0.6) is 0 Å². The summed E-state index contributed by atoms with van der Waals surface area (Å²) in [5, 5.41) is 10.3. The van der Waals surface area contributed by atoms with Gasteiger partial charge in [0, 0.05) is 17.5 Å². The van der Waals surface area contributed by atoms with Crippen LogP contribution in [-0.4, -0.2) is 21.3 Å². The van der Waals surface area contributed by atoms with Gasteiger partial charge in [-0.15, -0.1) is 5.10 Å². The third kappa shape index (κ3) is 3.54. The van der Waals surface area contributed by atoms with Gasteiger partial charge >= 0.3 is 5.69 Å². The Bertz CT molecular complexity index is 667. The number of nitrogens with one attached hydrogen (secondary N) is 2. The minimum absolute atomic E-state index is 0.0222. The second-order valence-corrected chi connectivity index (χ2v) is 5.63. The summed E-state index contributed by atoms with van der Waals surface area (Å²) in [6, 6.07) is 4.69. The van der Waals surface area contributed by atoms with Crippen molar-refractivity contribution in [1.29, 1.82) is 0 Å². The Morgan fingerprint density at radius 3 is 2.90 bits per heavy atom. The van der Waals surface area contributed by atoms with Crippen molar-refractivity contribution in [3.8, 4) is 0 Å². The SMILES string of the molecule is CCNC(C)c1cc(F)ccc1Sc1n[nH]c(=O)n1CC. The number of halogens is 1. The molecular formula is C14H19FN4OS. The molecular weight excluding hydrogens is 291 g/mol. The molecule has 1 heterocycles. The minimum atomic E-state index is -0.269. The van der Waals surface area contributed by atoms with E-state index >= 15 is 0 Å². The molecule has 2 N–H and O–H groups in total. The monoisotopic (exact) mass is 310 g/mol. The van der Waals surface area contributed by atoms with E-state index in [-0.39, 0.29) is 17.5 Å². The molecule has 0 aliphatic heterocycles. The summed E-state index contributed by atoms with van der Waals surface area (Å²) in [5.74, 6) is -0.269. The zero-order chi connectivity index (χ0) is 15.4. The van der Waals surface area contributed by atoms with Crippen molar-refractivity contribution in [3.63, 3.8) is 0 Å². The van der Waals surface area contributed by atoms with E-state index in [2.05, 4.69) is 15.5 Å². The standard InChI is InChI=1S/C14H19FN4OS/c1-4-16-9(3)11-8-10(15)6-7-12(11)21-14-18-17-13(20)19(14)5-2/h6-9,16H,4-5H2,1-3H3,(H,17,20). The molecule has 0 saturated heterocycles. The van der Waals surface area contributed by atoms with Crippen LogP contribution in [0.2, 0.25) is 0 Å². The summed E-state index contributed by atoms with van der Waals surface area (Å²) in [5.41, 5.74) is 0.628.